The molecule has 5 aromatic rings. The van der Waals surface area contributed by atoms with E-state index < -0.39 is 0 Å². The van der Waals surface area contributed by atoms with Gasteiger partial charge in [0.05, 0.1) is 6.20 Å². The van der Waals surface area contributed by atoms with Gasteiger partial charge in [-0.2, -0.15) is 5.10 Å². The Hall–Kier alpha value is -2.51. The number of aromatic amines is 1. The summed E-state index contributed by atoms with van der Waals surface area (Å²) in [6.45, 7) is 0. The number of benzene rings is 1. The minimum atomic E-state index is 0.874. The fourth-order valence-corrected chi connectivity index (χ4v) is 4.01. The number of fused-ring (bicyclic) bond motifs is 2. The van der Waals surface area contributed by atoms with Crippen molar-refractivity contribution in [1.29, 1.82) is 0 Å². The largest absolute Gasteiger partial charge is 0.360 e. The van der Waals surface area contributed by atoms with Crippen LogP contribution >= 0.6 is 22.7 Å². The fourth-order valence-electron chi connectivity index (χ4n) is 2.51. The topological polar surface area (TPSA) is 58.9 Å². The van der Waals surface area contributed by atoms with E-state index in [0.29, 0.717) is 0 Å². The van der Waals surface area contributed by atoms with Gasteiger partial charge in [-0.15, -0.1) is 11.3 Å². The van der Waals surface area contributed by atoms with E-state index >= 15 is 0 Å². The zero-order valence-corrected chi connectivity index (χ0v) is 12.9. The molecule has 0 amide bonds. The summed E-state index contributed by atoms with van der Waals surface area (Å²) in [6.07, 6.45) is 5.73. The predicted octanol–water partition coefficient (Wildman–Crippen LogP) is 4.06. The average molecular weight is 323 g/mol. The predicted molar refractivity (Wildman–Crippen MR) is 89.3 cm³/mol. The Bertz CT molecular complexity index is 1050. The number of aromatic nitrogens is 5. The number of rotatable bonds is 2. The molecule has 4 aromatic heterocycles. The Balaban J connectivity index is 1.65. The maximum Gasteiger partial charge on any atom is 0.213 e. The quantitative estimate of drug-likeness (QED) is 0.533. The summed E-state index contributed by atoms with van der Waals surface area (Å²) in [5, 5.41) is 9.68. The molecule has 0 aliphatic carbocycles. The molecule has 0 saturated heterocycles. The van der Waals surface area contributed by atoms with E-state index in [-0.39, 0.29) is 0 Å². The normalized spacial score (nSPS) is 11.6. The Morgan fingerprint density at radius 1 is 1.14 bits per heavy atom. The molecule has 1 aromatic carbocycles. The summed E-state index contributed by atoms with van der Waals surface area (Å²) < 4.78 is 1.83. The smallest absolute Gasteiger partial charge is 0.213 e. The molecule has 0 bridgehead atoms. The first-order valence-electron chi connectivity index (χ1n) is 6.71. The highest BCUT2D eigenvalue weighted by atomic mass is 32.1. The monoisotopic (exact) mass is 323 g/mol. The van der Waals surface area contributed by atoms with Crippen LogP contribution in [0.15, 0.2) is 48.2 Å². The third-order valence-corrected chi connectivity index (χ3v) is 5.27. The lowest BCUT2D eigenvalue weighted by molar-refractivity contribution is 0.979. The van der Waals surface area contributed by atoms with Crippen LogP contribution in [0.4, 0.5) is 0 Å². The van der Waals surface area contributed by atoms with Crippen LogP contribution in [0.2, 0.25) is 0 Å². The molecular formula is C15H9N5S2. The average Bonchev–Trinajstić information content (AvgIpc) is 3.28. The van der Waals surface area contributed by atoms with Crippen molar-refractivity contribution in [3.05, 3.63) is 48.2 Å². The highest BCUT2D eigenvalue weighted by molar-refractivity contribution is 7.20. The van der Waals surface area contributed by atoms with E-state index in [2.05, 4.69) is 32.2 Å². The molecule has 106 valence electrons. The molecule has 1 N–H and O–H groups in total. The Kier molecular flexibility index (Phi) is 2.46. The molecule has 0 fully saturated rings. The van der Waals surface area contributed by atoms with Crippen molar-refractivity contribution < 1.29 is 0 Å². The lowest BCUT2D eigenvalue weighted by Gasteiger charge is -1.92. The van der Waals surface area contributed by atoms with Crippen LogP contribution in [-0.4, -0.2) is 24.6 Å². The van der Waals surface area contributed by atoms with E-state index in [1.54, 1.807) is 28.9 Å². The maximum atomic E-state index is 4.67. The molecule has 0 unspecified atom stereocenters. The van der Waals surface area contributed by atoms with E-state index in [9.17, 15) is 0 Å². The molecule has 5 nitrogen and oxygen atoms in total. The molecule has 7 heteroatoms. The van der Waals surface area contributed by atoms with Crippen LogP contribution in [-0.2, 0) is 0 Å². The Morgan fingerprint density at radius 2 is 2.09 bits per heavy atom. The van der Waals surface area contributed by atoms with Gasteiger partial charge in [-0.05, 0) is 6.07 Å². The van der Waals surface area contributed by atoms with Crippen molar-refractivity contribution in [2.24, 2.45) is 0 Å². The molecule has 0 atom stereocenters. The SMILES string of the molecule is c1ccc2c(-c3nn4cc(-c5nccs5)nc4s3)c[nH]c2c1. The van der Waals surface area contributed by atoms with Gasteiger partial charge in [-0.3, -0.25) is 0 Å². The lowest BCUT2D eigenvalue weighted by atomic mass is 10.2. The summed E-state index contributed by atoms with van der Waals surface area (Å²) in [7, 11) is 0. The lowest BCUT2D eigenvalue weighted by Crippen LogP contribution is -1.81. The van der Waals surface area contributed by atoms with Crippen molar-refractivity contribution in [2.45, 2.75) is 0 Å². The molecule has 0 spiro atoms. The molecule has 0 saturated carbocycles. The third-order valence-electron chi connectivity index (χ3n) is 3.51. The zero-order valence-electron chi connectivity index (χ0n) is 11.2. The number of imidazole rings is 1. The van der Waals surface area contributed by atoms with Gasteiger partial charge in [0.2, 0.25) is 4.96 Å². The first kappa shape index (κ1) is 12.1. The van der Waals surface area contributed by atoms with Gasteiger partial charge >= 0.3 is 0 Å². The van der Waals surface area contributed by atoms with Gasteiger partial charge in [0, 0.05) is 34.2 Å². The summed E-state index contributed by atoms with van der Waals surface area (Å²) in [6, 6.07) is 8.24. The summed E-state index contributed by atoms with van der Waals surface area (Å²) in [4.78, 5) is 13.1. The molecule has 0 aliphatic rings. The third kappa shape index (κ3) is 1.73. The Labute approximate surface area is 132 Å². The second-order valence-corrected chi connectivity index (χ2v) is 6.70. The zero-order chi connectivity index (χ0) is 14.5. The Morgan fingerprint density at radius 3 is 2.95 bits per heavy atom. The molecule has 0 aliphatic heterocycles. The second kappa shape index (κ2) is 4.49. The highest BCUT2D eigenvalue weighted by Gasteiger charge is 2.14. The maximum absolute atomic E-state index is 4.67. The molecule has 22 heavy (non-hydrogen) atoms. The molecule has 4 heterocycles. The van der Waals surface area contributed by atoms with Gasteiger partial charge in [-0.1, -0.05) is 29.5 Å². The van der Waals surface area contributed by atoms with Crippen LogP contribution < -0.4 is 0 Å². The van der Waals surface area contributed by atoms with Crippen LogP contribution in [0, 0.1) is 0 Å². The standard InChI is InChI=1S/C15H9N5S2/c1-2-4-11-9(3-1)10(7-17-11)13-19-20-8-12(18-15(20)22-13)14-16-5-6-21-14/h1-8,17H. The molecule has 5 rings (SSSR count). The van der Waals surface area contributed by atoms with Crippen LogP contribution in [0.25, 0.3) is 37.1 Å². The molecular weight excluding hydrogens is 314 g/mol. The number of nitrogens with zero attached hydrogens (tertiary/aromatic N) is 4. The number of para-hydroxylation sites is 1. The highest BCUT2D eigenvalue weighted by Crippen LogP contribution is 2.32. The number of hydrogen-bond acceptors (Lipinski definition) is 5. The van der Waals surface area contributed by atoms with Crippen molar-refractivity contribution >= 4 is 38.5 Å². The van der Waals surface area contributed by atoms with Crippen LogP contribution in [0.3, 0.4) is 0 Å². The van der Waals surface area contributed by atoms with Gasteiger partial charge in [0.15, 0.2) is 0 Å². The summed E-state index contributed by atoms with van der Waals surface area (Å²) in [5.74, 6) is 0. The summed E-state index contributed by atoms with van der Waals surface area (Å²) >= 11 is 3.17. The van der Waals surface area contributed by atoms with Crippen LogP contribution in [0.1, 0.15) is 0 Å². The van der Waals surface area contributed by atoms with E-state index in [4.69, 9.17) is 0 Å². The number of H-pyrrole nitrogens is 1. The summed E-state index contributed by atoms with van der Waals surface area (Å²) in [5.41, 5.74) is 3.11. The van der Waals surface area contributed by atoms with E-state index in [1.807, 2.05) is 34.4 Å². The van der Waals surface area contributed by atoms with Gasteiger partial charge < -0.3 is 4.98 Å². The molecule has 0 radical (unpaired) electrons. The number of nitrogens with one attached hydrogen (secondary N) is 1. The van der Waals surface area contributed by atoms with Crippen molar-refractivity contribution in [3.63, 3.8) is 0 Å². The fraction of sp³-hybridized carbons (Fsp3) is 0. The first-order chi connectivity index (χ1) is 10.9. The van der Waals surface area contributed by atoms with Crippen LogP contribution in [0.5, 0.6) is 0 Å². The minimum Gasteiger partial charge on any atom is -0.360 e. The van der Waals surface area contributed by atoms with Crippen molar-refractivity contribution in [2.75, 3.05) is 0 Å². The van der Waals surface area contributed by atoms with Gasteiger partial charge in [0.25, 0.3) is 0 Å². The van der Waals surface area contributed by atoms with Crippen molar-refractivity contribution in [3.8, 4) is 21.3 Å². The second-order valence-electron chi connectivity index (χ2n) is 4.85. The minimum absolute atomic E-state index is 0.874. The van der Waals surface area contributed by atoms with E-state index in [0.717, 1.165) is 31.8 Å². The van der Waals surface area contributed by atoms with Gasteiger partial charge in [-0.25, -0.2) is 14.5 Å². The number of hydrogen-bond donors (Lipinski definition) is 1. The first-order valence-corrected chi connectivity index (χ1v) is 8.41. The van der Waals surface area contributed by atoms with Gasteiger partial charge in [0.1, 0.15) is 15.7 Å². The van der Waals surface area contributed by atoms with E-state index in [1.165, 1.54) is 5.39 Å². The number of thiazole rings is 1. The van der Waals surface area contributed by atoms with Crippen molar-refractivity contribution in [1.82, 2.24) is 24.6 Å².